The van der Waals surface area contributed by atoms with Crippen LogP contribution in [-0.2, 0) is 14.3 Å². The van der Waals surface area contributed by atoms with Crippen molar-refractivity contribution < 1.29 is 24.5 Å². The van der Waals surface area contributed by atoms with Crippen molar-refractivity contribution in [3.8, 4) is 0 Å². The summed E-state index contributed by atoms with van der Waals surface area (Å²) in [4.78, 5) is 24.4. The van der Waals surface area contributed by atoms with Crippen LogP contribution in [0.1, 0.15) is 296 Å². The van der Waals surface area contributed by atoms with Gasteiger partial charge in [-0.05, 0) is 83.5 Å². The molecule has 0 bridgehead atoms. The Morgan fingerprint density at radius 1 is 0.438 bits per heavy atom. The van der Waals surface area contributed by atoms with E-state index in [9.17, 15) is 19.8 Å². The molecule has 64 heavy (non-hydrogen) atoms. The van der Waals surface area contributed by atoms with Crippen molar-refractivity contribution in [1.82, 2.24) is 5.32 Å². The summed E-state index contributed by atoms with van der Waals surface area (Å²) in [5.41, 5.74) is 0. The number of ether oxygens (including phenoxy) is 1. The molecular formula is C58H109NO5. The lowest BCUT2D eigenvalue weighted by Crippen LogP contribution is -2.45. The van der Waals surface area contributed by atoms with Crippen LogP contribution in [0.5, 0.6) is 0 Å². The zero-order valence-corrected chi connectivity index (χ0v) is 42.8. The van der Waals surface area contributed by atoms with Crippen molar-refractivity contribution in [2.24, 2.45) is 0 Å². The van der Waals surface area contributed by atoms with Gasteiger partial charge in [0.15, 0.2) is 0 Å². The highest BCUT2D eigenvalue weighted by Gasteiger charge is 2.20. The summed E-state index contributed by atoms with van der Waals surface area (Å²) in [6, 6.07) is -0.544. The Balaban J connectivity index is 3.42. The third-order valence-corrected chi connectivity index (χ3v) is 12.9. The van der Waals surface area contributed by atoms with Gasteiger partial charge in [0.05, 0.1) is 25.4 Å². The Labute approximate surface area is 398 Å². The average Bonchev–Trinajstić information content (AvgIpc) is 3.29. The molecule has 2 unspecified atom stereocenters. The van der Waals surface area contributed by atoms with Gasteiger partial charge in [0.1, 0.15) is 0 Å². The van der Waals surface area contributed by atoms with Crippen molar-refractivity contribution in [3.05, 3.63) is 36.5 Å². The molecule has 1 amide bonds. The number of allylic oxidation sites excluding steroid dienone is 6. The van der Waals surface area contributed by atoms with Crippen LogP contribution in [0.15, 0.2) is 36.5 Å². The SMILES string of the molecule is CCCCC/C=C\CCCCCCCC(=O)OCCCCCCCCCCC/C=C\C/C=C\CCCCCCCCCCCC(=O)NC(CO)C(O)CCCCCCCCCCCC. The molecule has 2 atom stereocenters. The molecule has 0 aromatic rings. The zero-order chi connectivity index (χ0) is 46.5. The Morgan fingerprint density at radius 3 is 1.23 bits per heavy atom. The first-order valence-corrected chi connectivity index (χ1v) is 28.2. The van der Waals surface area contributed by atoms with Crippen LogP contribution in [0, 0.1) is 0 Å². The summed E-state index contributed by atoms with van der Waals surface area (Å²) in [6.45, 7) is 4.90. The molecule has 0 radical (unpaired) electrons. The lowest BCUT2D eigenvalue weighted by atomic mass is 10.0. The molecule has 0 aliphatic heterocycles. The van der Waals surface area contributed by atoms with E-state index in [1.807, 2.05) is 0 Å². The zero-order valence-electron chi connectivity index (χ0n) is 42.8. The summed E-state index contributed by atoms with van der Waals surface area (Å²) < 4.78 is 5.46. The van der Waals surface area contributed by atoms with E-state index in [2.05, 4.69) is 55.6 Å². The second-order valence-corrected chi connectivity index (χ2v) is 19.3. The molecule has 6 heteroatoms. The molecule has 0 aromatic heterocycles. The van der Waals surface area contributed by atoms with E-state index in [4.69, 9.17) is 4.74 Å². The third-order valence-electron chi connectivity index (χ3n) is 12.9. The second kappa shape index (κ2) is 53.7. The summed E-state index contributed by atoms with van der Waals surface area (Å²) in [7, 11) is 0. The quantitative estimate of drug-likeness (QED) is 0.0321. The maximum Gasteiger partial charge on any atom is 0.305 e. The van der Waals surface area contributed by atoms with Crippen LogP contribution in [-0.4, -0.2) is 47.4 Å². The molecule has 0 aromatic carbocycles. The fourth-order valence-corrected chi connectivity index (χ4v) is 8.55. The molecule has 3 N–H and O–H groups in total. The first kappa shape index (κ1) is 62.1. The van der Waals surface area contributed by atoms with Crippen molar-refractivity contribution in [1.29, 1.82) is 0 Å². The Hall–Kier alpha value is -1.92. The van der Waals surface area contributed by atoms with Crippen LogP contribution >= 0.6 is 0 Å². The maximum absolute atomic E-state index is 12.4. The number of carbonyl (C=O) groups is 2. The van der Waals surface area contributed by atoms with Gasteiger partial charge < -0.3 is 20.3 Å². The fraction of sp³-hybridized carbons (Fsp3) is 0.862. The standard InChI is InChI=1S/C58H109NO5/c1-3-5-7-9-11-13-15-32-36-40-44-48-52-58(63)64-53-49-45-41-37-33-30-28-26-24-22-20-18-16-17-19-21-23-25-27-29-31-35-39-43-47-51-57(62)59-55(54-60)56(61)50-46-42-38-34-14-12-10-8-6-4-2/h11,13,17-20,55-56,60-61H,3-10,12,14-16,21-54H2,1-2H3,(H,59,62)/b13-11-,19-17-,20-18-. The molecule has 6 nitrogen and oxygen atoms in total. The molecule has 0 saturated carbocycles. The minimum Gasteiger partial charge on any atom is -0.466 e. The maximum atomic E-state index is 12.4. The van der Waals surface area contributed by atoms with Crippen LogP contribution < -0.4 is 5.32 Å². The number of aliphatic hydroxyl groups excluding tert-OH is 2. The monoisotopic (exact) mass is 900 g/mol. The number of esters is 1. The van der Waals surface area contributed by atoms with E-state index in [0.717, 1.165) is 51.4 Å². The number of amides is 1. The second-order valence-electron chi connectivity index (χ2n) is 19.3. The summed E-state index contributed by atoms with van der Waals surface area (Å²) >= 11 is 0. The smallest absolute Gasteiger partial charge is 0.305 e. The van der Waals surface area contributed by atoms with Gasteiger partial charge in [0.2, 0.25) is 5.91 Å². The van der Waals surface area contributed by atoms with Crippen LogP contribution in [0.2, 0.25) is 0 Å². The van der Waals surface area contributed by atoms with Crippen LogP contribution in [0.4, 0.5) is 0 Å². The van der Waals surface area contributed by atoms with E-state index in [1.54, 1.807) is 0 Å². The predicted molar refractivity (Wildman–Crippen MR) is 278 cm³/mol. The third kappa shape index (κ3) is 49.5. The summed E-state index contributed by atoms with van der Waals surface area (Å²) in [5.74, 6) is -0.0446. The minimum absolute atomic E-state index is 0.00159. The highest BCUT2D eigenvalue weighted by atomic mass is 16.5. The van der Waals surface area contributed by atoms with Gasteiger partial charge in [-0.15, -0.1) is 0 Å². The normalized spacial score (nSPS) is 12.9. The molecule has 0 saturated heterocycles. The van der Waals surface area contributed by atoms with E-state index in [1.165, 1.54) is 212 Å². The molecule has 0 fully saturated rings. The molecule has 0 aliphatic carbocycles. The predicted octanol–water partition coefficient (Wildman–Crippen LogP) is 17.2. The van der Waals surface area contributed by atoms with E-state index in [-0.39, 0.29) is 18.5 Å². The van der Waals surface area contributed by atoms with Crippen molar-refractivity contribution in [2.75, 3.05) is 13.2 Å². The number of unbranched alkanes of at least 4 members (excludes halogenated alkanes) is 35. The van der Waals surface area contributed by atoms with Crippen LogP contribution in [0.3, 0.4) is 0 Å². The van der Waals surface area contributed by atoms with Crippen molar-refractivity contribution in [3.63, 3.8) is 0 Å². The topological polar surface area (TPSA) is 95.9 Å². The lowest BCUT2D eigenvalue weighted by molar-refractivity contribution is -0.143. The highest BCUT2D eigenvalue weighted by Crippen LogP contribution is 2.16. The van der Waals surface area contributed by atoms with E-state index >= 15 is 0 Å². The average molecular weight is 901 g/mol. The van der Waals surface area contributed by atoms with E-state index in [0.29, 0.717) is 25.9 Å². The summed E-state index contributed by atoms with van der Waals surface area (Å²) in [6.07, 6.45) is 65.7. The molecular weight excluding hydrogens is 791 g/mol. The highest BCUT2D eigenvalue weighted by molar-refractivity contribution is 5.76. The van der Waals surface area contributed by atoms with Gasteiger partial charge in [-0.25, -0.2) is 0 Å². The van der Waals surface area contributed by atoms with E-state index < -0.39 is 12.1 Å². The molecule has 0 spiro atoms. The number of hydrogen-bond acceptors (Lipinski definition) is 5. The first-order valence-electron chi connectivity index (χ1n) is 28.2. The Kier molecular flexibility index (Phi) is 52.1. The lowest BCUT2D eigenvalue weighted by Gasteiger charge is -2.22. The van der Waals surface area contributed by atoms with Gasteiger partial charge in [-0.2, -0.15) is 0 Å². The van der Waals surface area contributed by atoms with Gasteiger partial charge >= 0.3 is 5.97 Å². The van der Waals surface area contributed by atoms with Gasteiger partial charge in [-0.1, -0.05) is 237 Å². The van der Waals surface area contributed by atoms with Crippen molar-refractivity contribution >= 4 is 11.9 Å². The Morgan fingerprint density at radius 2 is 0.781 bits per heavy atom. The largest absolute Gasteiger partial charge is 0.466 e. The number of hydrogen-bond donors (Lipinski definition) is 3. The van der Waals surface area contributed by atoms with Crippen molar-refractivity contribution in [2.45, 2.75) is 309 Å². The first-order chi connectivity index (χ1) is 31.5. The molecule has 0 rings (SSSR count). The number of rotatable bonds is 52. The van der Waals surface area contributed by atoms with Gasteiger partial charge in [-0.3, -0.25) is 9.59 Å². The van der Waals surface area contributed by atoms with Gasteiger partial charge in [0, 0.05) is 12.8 Å². The fourth-order valence-electron chi connectivity index (χ4n) is 8.55. The Bertz CT molecular complexity index is 1040. The number of nitrogens with one attached hydrogen (secondary N) is 1. The van der Waals surface area contributed by atoms with Crippen LogP contribution in [0.25, 0.3) is 0 Å². The molecule has 0 aliphatic rings. The molecule has 0 heterocycles. The number of aliphatic hydroxyl groups is 2. The minimum atomic E-state index is -0.666. The van der Waals surface area contributed by atoms with Gasteiger partial charge in [0.25, 0.3) is 0 Å². The summed E-state index contributed by atoms with van der Waals surface area (Å²) in [5, 5.41) is 23.1. The molecule has 376 valence electrons. The number of carbonyl (C=O) groups excluding carboxylic acids is 2.